The molecule has 1 heterocycles. The molecule has 0 saturated carbocycles. The Morgan fingerprint density at radius 3 is 2.71 bits per heavy atom. The molecule has 0 spiro atoms. The standard InChI is InChI=1S/C17H18N6O4S/c1-10-5-6-11(20-16(24)27-17(2,3)4)7-12(10)21-15-19-8-13(23(25)26)14(22-15)28-9-18/h5-8H,1-4H3,(H,20,24)(H,19,21,22). The number of carbonyl (C=O) groups excluding carboxylic acids is 1. The van der Waals surface area contributed by atoms with E-state index in [4.69, 9.17) is 10.00 Å². The van der Waals surface area contributed by atoms with E-state index >= 15 is 0 Å². The molecule has 1 amide bonds. The maximum absolute atomic E-state index is 11.9. The maximum atomic E-state index is 11.9. The van der Waals surface area contributed by atoms with Gasteiger partial charge >= 0.3 is 11.8 Å². The molecule has 2 rings (SSSR count). The molecule has 11 heteroatoms. The lowest BCUT2D eigenvalue weighted by atomic mass is 10.2. The zero-order valence-electron chi connectivity index (χ0n) is 15.6. The van der Waals surface area contributed by atoms with Gasteiger partial charge in [0.25, 0.3) is 0 Å². The third-order valence-corrected chi connectivity index (χ3v) is 3.79. The first-order valence-electron chi connectivity index (χ1n) is 8.04. The molecule has 0 aliphatic heterocycles. The van der Waals surface area contributed by atoms with Crippen LogP contribution >= 0.6 is 11.8 Å². The summed E-state index contributed by atoms with van der Waals surface area (Å²) in [4.78, 5) is 30.2. The van der Waals surface area contributed by atoms with E-state index in [9.17, 15) is 14.9 Å². The van der Waals surface area contributed by atoms with Gasteiger partial charge in [0.1, 0.15) is 17.2 Å². The van der Waals surface area contributed by atoms with Gasteiger partial charge in [0, 0.05) is 23.1 Å². The molecule has 0 unspecified atom stereocenters. The number of benzene rings is 1. The van der Waals surface area contributed by atoms with E-state index in [0.717, 1.165) is 11.8 Å². The Bertz CT molecular complexity index is 952. The minimum atomic E-state index is -0.653. The highest BCUT2D eigenvalue weighted by Crippen LogP contribution is 2.28. The molecular formula is C17H18N6O4S. The highest BCUT2D eigenvalue weighted by molar-refractivity contribution is 8.03. The first-order chi connectivity index (χ1) is 13.1. The maximum Gasteiger partial charge on any atom is 0.412 e. The third kappa shape index (κ3) is 5.82. The SMILES string of the molecule is Cc1ccc(NC(=O)OC(C)(C)C)cc1Nc1ncc([N+](=O)[O-])c(SC#N)n1. The van der Waals surface area contributed by atoms with Crippen LogP contribution in [0.25, 0.3) is 0 Å². The van der Waals surface area contributed by atoms with Gasteiger partial charge in [0.15, 0.2) is 5.03 Å². The zero-order chi connectivity index (χ0) is 20.9. The lowest BCUT2D eigenvalue weighted by molar-refractivity contribution is -0.388. The molecule has 10 nitrogen and oxygen atoms in total. The van der Waals surface area contributed by atoms with Crippen LogP contribution in [0.2, 0.25) is 0 Å². The zero-order valence-corrected chi connectivity index (χ0v) is 16.5. The lowest BCUT2D eigenvalue weighted by Crippen LogP contribution is -2.27. The number of ether oxygens (including phenoxy) is 1. The van der Waals surface area contributed by atoms with Crippen molar-refractivity contribution >= 4 is 40.9 Å². The van der Waals surface area contributed by atoms with Crippen molar-refractivity contribution in [3.63, 3.8) is 0 Å². The van der Waals surface area contributed by atoms with Crippen molar-refractivity contribution in [2.24, 2.45) is 0 Å². The highest BCUT2D eigenvalue weighted by atomic mass is 32.2. The molecule has 0 radical (unpaired) electrons. The number of amides is 1. The Labute approximate surface area is 165 Å². The van der Waals surface area contributed by atoms with Crippen molar-refractivity contribution in [1.29, 1.82) is 5.26 Å². The number of aryl methyl sites for hydroxylation is 1. The molecule has 0 aliphatic carbocycles. The number of anilines is 3. The summed E-state index contributed by atoms with van der Waals surface area (Å²) in [5.74, 6) is 0.0841. The molecule has 1 aromatic heterocycles. The van der Waals surface area contributed by atoms with Crippen molar-refractivity contribution in [3.05, 3.63) is 40.1 Å². The summed E-state index contributed by atoms with van der Waals surface area (Å²) >= 11 is 0.575. The molecule has 0 bridgehead atoms. The van der Waals surface area contributed by atoms with Crippen LogP contribution in [0.4, 0.5) is 27.8 Å². The van der Waals surface area contributed by atoms with Gasteiger partial charge in [-0.1, -0.05) is 6.07 Å². The van der Waals surface area contributed by atoms with Crippen LogP contribution < -0.4 is 10.6 Å². The summed E-state index contributed by atoms with van der Waals surface area (Å²) in [6.45, 7) is 7.11. The number of nitrogens with one attached hydrogen (secondary N) is 2. The summed E-state index contributed by atoms with van der Waals surface area (Å²) in [6.07, 6.45) is 0.439. The van der Waals surface area contributed by atoms with Crippen molar-refractivity contribution in [1.82, 2.24) is 9.97 Å². The van der Waals surface area contributed by atoms with Crippen molar-refractivity contribution < 1.29 is 14.5 Å². The van der Waals surface area contributed by atoms with Crippen molar-refractivity contribution in [2.75, 3.05) is 10.6 Å². The molecule has 0 fully saturated rings. The Kier molecular flexibility index (Phi) is 6.37. The van der Waals surface area contributed by atoms with E-state index in [-0.39, 0.29) is 16.7 Å². The van der Waals surface area contributed by atoms with Crippen LogP contribution in [0.3, 0.4) is 0 Å². The fourth-order valence-electron chi connectivity index (χ4n) is 2.04. The predicted octanol–water partition coefficient (Wildman–Crippen LogP) is 4.36. The van der Waals surface area contributed by atoms with Crippen LogP contribution in [-0.4, -0.2) is 26.6 Å². The van der Waals surface area contributed by atoms with Crippen molar-refractivity contribution in [3.8, 4) is 5.40 Å². The average molecular weight is 402 g/mol. The monoisotopic (exact) mass is 402 g/mol. The number of carbonyl (C=O) groups is 1. The normalized spacial score (nSPS) is 10.7. The van der Waals surface area contributed by atoms with Gasteiger partial charge in [-0.3, -0.25) is 15.4 Å². The number of nitrogens with zero attached hydrogens (tertiary/aromatic N) is 4. The third-order valence-electron chi connectivity index (χ3n) is 3.20. The molecule has 2 N–H and O–H groups in total. The van der Waals surface area contributed by atoms with E-state index in [1.807, 2.05) is 6.92 Å². The number of thiocyanates is 1. The number of nitro groups is 1. The van der Waals surface area contributed by atoms with Crippen LogP contribution in [-0.2, 0) is 4.74 Å². The van der Waals surface area contributed by atoms with Gasteiger partial charge in [-0.25, -0.2) is 9.78 Å². The van der Waals surface area contributed by atoms with Gasteiger partial charge in [-0.2, -0.15) is 10.2 Å². The van der Waals surface area contributed by atoms with Gasteiger partial charge in [-0.15, -0.1) is 0 Å². The fourth-order valence-corrected chi connectivity index (χ4v) is 2.49. The highest BCUT2D eigenvalue weighted by Gasteiger charge is 2.19. The first kappa shape index (κ1) is 20.9. The molecule has 0 atom stereocenters. The van der Waals surface area contributed by atoms with Crippen LogP contribution in [0.15, 0.2) is 29.4 Å². The summed E-state index contributed by atoms with van der Waals surface area (Å²) in [5, 5.41) is 27.1. The second kappa shape index (κ2) is 8.53. The number of nitriles is 1. The average Bonchev–Trinajstić information content (AvgIpc) is 2.56. The molecule has 2 aromatic rings. The molecule has 146 valence electrons. The predicted molar refractivity (Wildman–Crippen MR) is 104 cm³/mol. The molecule has 0 saturated heterocycles. The number of hydrogen-bond donors (Lipinski definition) is 2. The first-order valence-corrected chi connectivity index (χ1v) is 8.86. The smallest absolute Gasteiger partial charge is 0.412 e. The number of thioether (sulfide) groups is 1. The van der Waals surface area contributed by atoms with Gasteiger partial charge in [0.05, 0.1) is 4.92 Å². The summed E-state index contributed by atoms with van der Waals surface area (Å²) in [7, 11) is 0. The Hall–Kier alpha value is -3.39. The van der Waals surface area contributed by atoms with Crippen molar-refractivity contribution in [2.45, 2.75) is 38.3 Å². The molecule has 1 aromatic carbocycles. The number of aromatic nitrogens is 2. The fraction of sp³-hybridized carbons (Fsp3) is 0.294. The largest absolute Gasteiger partial charge is 0.444 e. The minimum absolute atomic E-state index is 0.0642. The van der Waals surface area contributed by atoms with E-state index in [2.05, 4.69) is 20.6 Å². The van der Waals surface area contributed by atoms with Crippen LogP contribution in [0.5, 0.6) is 0 Å². The molecular weight excluding hydrogens is 384 g/mol. The summed E-state index contributed by atoms with van der Waals surface area (Å²) in [5.41, 5.74) is 0.906. The summed E-state index contributed by atoms with van der Waals surface area (Å²) in [6, 6.07) is 5.13. The number of rotatable bonds is 5. The minimum Gasteiger partial charge on any atom is -0.444 e. The Morgan fingerprint density at radius 2 is 2.11 bits per heavy atom. The van der Waals surface area contributed by atoms with Gasteiger partial charge in [-0.05, 0) is 45.4 Å². The van der Waals surface area contributed by atoms with E-state index in [1.54, 1.807) is 44.4 Å². The Balaban J connectivity index is 2.24. The van der Waals surface area contributed by atoms with Crippen LogP contribution in [0.1, 0.15) is 26.3 Å². The van der Waals surface area contributed by atoms with Gasteiger partial charge in [0.2, 0.25) is 5.95 Å². The van der Waals surface area contributed by atoms with Crippen LogP contribution in [0, 0.1) is 27.7 Å². The summed E-state index contributed by atoms with van der Waals surface area (Å²) < 4.78 is 5.22. The molecule has 28 heavy (non-hydrogen) atoms. The second-order valence-corrected chi connectivity index (χ2v) is 7.39. The topological polar surface area (TPSA) is 143 Å². The van der Waals surface area contributed by atoms with Gasteiger partial charge < -0.3 is 10.1 Å². The van der Waals surface area contributed by atoms with E-state index < -0.39 is 16.6 Å². The number of hydrogen-bond acceptors (Lipinski definition) is 9. The van der Waals surface area contributed by atoms with E-state index in [0.29, 0.717) is 23.1 Å². The quantitative estimate of drug-likeness (QED) is 0.245. The second-order valence-electron chi connectivity index (χ2n) is 6.62. The van der Waals surface area contributed by atoms with E-state index in [1.165, 1.54) is 0 Å². The lowest BCUT2D eigenvalue weighted by Gasteiger charge is -2.20. The Morgan fingerprint density at radius 1 is 1.39 bits per heavy atom. The molecule has 0 aliphatic rings.